The molecule has 0 saturated heterocycles. The van der Waals surface area contributed by atoms with Gasteiger partial charge in [-0.2, -0.15) is 0 Å². The monoisotopic (exact) mass is 140 g/mol. The van der Waals surface area contributed by atoms with Crippen LogP contribution in [0.2, 0.25) is 0 Å². The fraction of sp³-hybridized carbons (Fsp3) is 0.167. The lowest BCUT2D eigenvalue weighted by molar-refractivity contribution is 0.238. The van der Waals surface area contributed by atoms with Crippen molar-refractivity contribution in [2.45, 2.75) is 0 Å². The summed E-state index contributed by atoms with van der Waals surface area (Å²) in [6.45, 7) is 3.55. The number of amides is 2. The third-order valence-electron chi connectivity index (χ3n) is 1.12. The average molecular weight is 140 g/mol. The maximum absolute atomic E-state index is 10.6. The zero-order chi connectivity index (χ0) is 7.56. The van der Waals surface area contributed by atoms with E-state index in [4.69, 9.17) is 4.74 Å². The Balaban J connectivity index is 2.75. The summed E-state index contributed by atoms with van der Waals surface area (Å²) in [6, 6.07) is -0.286. The Morgan fingerprint density at radius 1 is 1.70 bits per heavy atom. The topological polar surface area (TPSA) is 50.4 Å². The summed E-state index contributed by atoms with van der Waals surface area (Å²) < 4.78 is 4.84. The van der Waals surface area contributed by atoms with Crippen LogP contribution in [-0.4, -0.2) is 13.1 Å². The highest BCUT2D eigenvalue weighted by atomic mass is 16.5. The van der Waals surface area contributed by atoms with Crippen molar-refractivity contribution in [3.63, 3.8) is 0 Å². The highest BCUT2D eigenvalue weighted by Gasteiger charge is 2.11. The van der Waals surface area contributed by atoms with Crippen LogP contribution in [0.4, 0.5) is 4.79 Å². The van der Waals surface area contributed by atoms with E-state index in [2.05, 4.69) is 17.2 Å². The van der Waals surface area contributed by atoms with E-state index >= 15 is 0 Å². The van der Waals surface area contributed by atoms with Gasteiger partial charge < -0.3 is 15.4 Å². The van der Waals surface area contributed by atoms with Crippen molar-refractivity contribution < 1.29 is 9.53 Å². The first-order chi connectivity index (χ1) is 4.74. The second kappa shape index (κ2) is 2.43. The third-order valence-corrected chi connectivity index (χ3v) is 1.12. The summed E-state index contributed by atoms with van der Waals surface area (Å²) in [5, 5.41) is 4.86. The summed E-state index contributed by atoms with van der Waals surface area (Å²) in [7, 11) is 1.51. The van der Waals surface area contributed by atoms with Crippen LogP contribution in [-0.2, 0) is 4.74 Å². The van der Waals surface area contributed by atoms with Crippen molar-refractivity contribution in [2.75, 3.05) is 7.11 Å². The fourth-order valence-electron chi connectivity index (χ4n) is 0.635. The second-order valence-corrected chi connectivity index (χ2v) is 1.79. The first-order valence-corrected chi connectivity index (χ1v) is 2.75. The maximum Gasteiger partial charge on any atom is 0.323 e. The minimum atomic E-state index is -0.286. The molecule has 10 heavy (non-hydrogen) atoms. The van der Waals surface area contributed by atoms with Crippen LogP contribution in [0.3, 0.4) is 0 Å². The van der Waals surface area contributed by atoms with Gasteiger partial charge in [0.15, 0.2) is 5.76 Å². The predicted molar refractivity (Wildman–Crippen MR) is 35.9 cm³/mol. The molecule has 0 unspecified atom stereocenters. The highest BCUT2D eigenvalue weighted by molar-refractivity contribution is 5.79. The molecule has 0 aromatic heterocycles. The molecule has 2 N–H and O–H groups in total. The zero-order valence-electron chi connectivity index (χ0n) is 5.60. The number of hydrogen-bond acceptors (Lipinski definition) is 2. The summed E-state index contributed by atoms with van der Waals surface area (Å²) in [5.74, 6) is 0.541. The molecule has 1 rings (SSSR count). The summed E-state index contributed by atoms with van der Waals surface area (Å²) in [5.41, 5.74) is 0.478. The van der Waals surface area contributed by atoms with Gasteiger partial charge in [0, 0.05) is 6.20 Å². The maximum atomic E-state index is 10.6. The Labute approximate surface area is 58.6 Å². The minimum Gasteiger partial charge on any atom is -0.493 e. The van der Waals surface area contributed by atoms with Gasteiger partial charge in [0.2, 0.25) is 0 Å². The molecule has 54 valence electrons. The van der Waals surface area contributed by atoms with Crippen LogP contribution in [0.1, 0.15) is 0 Å². The number of hydrogen-bond donors (Lipinski definition) is 2. The van der Waals surface area contributed by atoms with Crippen molar-refractivity contribution in [3.05, 3.63) is 24.2 Å². The van der Waals surface area contributed by atoms with Crippen LogP contribution in [0.25, 0.3) is 0 Å². The standard InChI is InChI=1S/C6H8N2O2/c1-4-5(10-2)3-7-6(9)8-4/h3H,1H2,2H3,(H2,7,8,9). The van der Waals surface area contributed by atoms with Crippen LogP contribution < -0.4 is 10.6 Å². The summed E-state index contributed by atoms with van der Waals surface area (Å²) >= 11 is 0. The molecular formula is C6H8N2O2. The largest absolute Gasteiger partial charge is 0.493 e. The normalized spacial score (nSPS) is 17.1. The van der Waals surface area contributed by atoms with Gasteiger partial charge in [-0.15, -0.1) is 0 Å². The Hall–Kier alpha value is -1.45. The van der Waals surface area contributed by atoms with Gasteiger partial charge in [0.25, 0.3) is 0 Å². The molecule has 0 aromatic rings. The lowest BCUT2D eigenvalue weighted by atomic mass is 10.4. The molecule has 0 aromatic carbocycles. The van der Waals surface area contributed by atoms with E-state index in [-0.39, 0.29) is 6.03 Å². The number of urea groups is 1. The Kier molecular flexibility index (Phi) is 1.62. The SMILES string of the molecule is C=C1NC(=O)NC=C1OC. The van der Waals surface area contributed by atoms with Crippen molar-refractivity contribution in [3.8, 4) is 0 Å². The lowest BCUT2D eigenvalue weighted by Crippen LogP contribution is -2.36. The molecule has 4 heteroatoms. The number of rotatable bonds is 1. The molecule has 0 fully saturated rings. The van der Waals surface area contributed by atoms with E-state index in [0.29, 0.717) is 11.5 Å². The molecule has 2 amide bonds. The van der Waals surface area contributed by atoms with Gasteiger partial charge in [-0.25, -0.2) is 4.79 Å². The second-order valence-electron chi connectivity index (χ2n) is 1.79. The number of carbonyl (C=O) groups excluding carboxylic acids is 1. The molecule has 4 nitrogen and oxygen atoms in total. The van der Waals surface area contributed by atoms with Crippen molar-refractivity contribution in [1.29, 1.82) is 0 Å². The molecule has 0 aliphatic carbocycles. The zero-order valence-corrected chi connectivity index (χ0v) is 5.60. The Morgan fingerprint density at radius 2 is 2.40 bits per heavy atom. The van der Waals surface area contributed by atoms with E-state index in [9.17, 15) is 4.79 Å². The molecule has 0 radical (unpaired) electrons. The van der Waals surface area contributed by atoms with Crippen molar-refractivity contribution in [2.24, 2.45) is 0 Å². The average Bonchev–Trinajstić information content (AvgIpc) is 1.88. The molecule has 0 atom stereocenters. The van der Waals surface area contributed by atoms with Gasteiger partial charge in [0.1, 0.15) is 0 Å². The van der Waals surface area contributed by atoms with Gasteiger partial charge in [-0.3, -0.25) is 0 Å². The first-order valence-electron chi connectivity index (χ1n) is 2.75. The fourth-order valence-corrected chi connectivity index (χ4v) is 0.635. The number of carbonyl (C=O) groups is 1. The van der Waals surface area contributed by atoms with Crippen LogP contribution in [0.15, 0.2) is 24.2 Å². The quantitative estimate of drug-likeness (QED) is 0.550. The smallest absolute Gasteiger partial charge is 0.323 e. The molecule has 1 aliphatic rings. The number of nitrogens with one attached hydrogen (secondary N) is 2. The van der Waals surface area contributed by atoms with E-state index in [1.165, 1.54) is 13.3 Å². The van der Waals surface area contributed by atoms with E-state index < -0.39 is 0 Å². The van der Waals surface area contributed by atoms with Crippen molar-refractivity contribution >= 4 is 6.03 Å². The van der Waals surface area contributed by atoms with Gasteiger partial charge in [0.05, 0.1) is 12.8 Å². The van der Waals surface area contributed by atoms with Gasteiger partial charge >= 0.3 is 6.03 Å². The minimum absolute atomic E-state index is 0.286. The van der Waals surface area contributed by atoms with E-state index in [1.807, 2.05) is 0 Å². The molecule has 0 saturated carbocycles. The summed E-state index contributed by atoms with van der Waals surface area (Å²) in [6.07, 6.45) is 1.46. The van der Waals surface area contributed by atoms with Crippen LogP contribution >= 0.6 is 0 Å². The molecule has 1 aliphatic heterocycles. The number of ether oxygens (including phenoxy) is 1. The van der Waals surface area contributed by atoms with Crippen LogP contribution in [0, 0.1) is 0 Å². The highest BCUT2D eigenvalue weighted by Crippen LogP contribution is 2.06. The van der Waals surface area contributed by atoms with Gasteiger partial charge in [-0.1, -0.05) is 6.58 Å². The van der Waals surface area contributed by atoms with E-state index in [0.717, 1.165) is 0 Å². The lowest BCUT2D eigenvalue weighted by Gasteiger charge is -2.15. The van der Waals surface area contributed by atoms with Crippen LogP contribution in [0.5, 0.6) is 0 Å². The molecular weight excluding hydrogens is 132 g/mol. The van der Waals surface area contributed by atoms with Crippen molar-refractivity contribution in [1.82, 2.24) is 10.6 Å². The molecule has 0 bridgehead atoms. The molecule has 0 spiro atoms. The third kappa shape index (κ3) is 1.10. The summed E-state index contributed by atoms with van der Waals surface area (Å²) in [4.78, 5) is 10.6. The van der Waals surface area contributed by atoms with E-state index in [1.54, 1.807) is 0 Å². The Bertz CT molecular complexity index is 208. The molecule has 1 heterocycles. The van der Waals surface area contributed by atoms with Gasteiger partial charge in [-0.05, 0) is 0 Å². The predicted octanol–water partition coefficient (Wildman–Crippen LogP) is 0.301. The Morgan fingerprint density at radius 3 is 2.90 bits per heavy atom. The number of methoxy groups -OCH3 is 1. The first kappa shape index (κ1) is 6.67.